The molecule has 7 nitrogen and oxygen atoms in total. The second kappa shape index (κ2) is 8.60. The molecule has 152 valence electrons. The van der Waals surface area contributed by atoms with Crippen molar-refractivity contribution < 1.29 is 18.4 Å². The molecule has 0 atom stereocenters. The van der Waals surface area contributed by atoms with Crippen LogP contribution in [-0.2, 0) is 21.2 Å². The lowest BCUT2D eigenvalue weighted by Crippen LogP contribution is -2.29. The first-order valence-corrected chi connectivity index (χ1v) is 10.5. The van der Waals surface area contributed by atoms with E-state index in [0.29, 0.717) is 18.5 Å². The Morgan fingerprint density at radius 1 is 1.17 bits per heavy atom. The van der Waals surface area contributed by atoms with Crippen LogP contribution < -0.4 is 5.48 Å². The van der Waals surface area contributed by atoms with Gasteiger partial charge in [0, 0.05) is 36.3 Å². The van der Waals surface area contributed by atoms with Crippen LogP contribution in [0, 0.1) is 6.92 Å². The van der Waals surface area contributed by atoms with E-state index in [4.69, 9.17) is 5.21 Å². The van der Waals surface area contributed by atoms with Crippen molar-refractivity contribution in [1.82, 2.24) is 14.8 Å². The molecule has 0 saturated heterocycles. The van der Waals surface area contributed by atoms with Crippen molar-refractivity contribution in [3.8, 4) is 0 Å². The van der Waals surface area contributed by atoms with Gasteiger partial charge in [-0.1, -0.05) is 30.3 Å². The molecule has 0 fully saturated rings. The molecule has 3 aromatic rings. The van der Waals surface area contributed by atoms with Gasteiger partial charge in [0.05, 0.1) is 4.90 Å². The maximum absolute atomic E-state index is 12.9. The third-order valence-electron chi connectivity index (χ3n) is 4.83. The number of hydrogen-bond acceptors (Lipinski definition) is 4. The van der Waals surface area contributed by atoms with E-state index in [1.165, 1.54) is 28.0 Å². The molecule has 0 aliphatic rings. The maximum Gasteiger partial charge on any atom is 0.267 e. The lowest BCUT2D eigenvalue weighted by atomic mass is 10.1. The van der Waals surface area contributed by atoms with E-state index in [9.17, 15) is 13.2 Å². The summed E-state index contributed by atoms with van der Waals surface area (Å²) in [6.07, 6.45) is 3.23. The summed E-state index contributed by atoms with van der Waals surface area (Å²) in [6.45, 7) is 2.34. The Kier molecular flexibility index (Phi) is 6.17. The number of sulfonamides is 1. The molecule has 8 heteroatoms. The average molecular weight is 413 g/mol. The highest BCUT2D eigenvalue weighted by Crippen LogP contribution is 2.23. The van der Waals surface area contributed by atoms with Crippen molar-refractivity contribution >= 4 is 32.9 Å². The predicted octanol–water partition coefficient (Wildman–Crippen LogP) is 2.86. The van der Waals surface area contributed by atoms with E-state index < -0.39 is 15.9 Å². The van der Waals surface area contributed by atoms with Gasteiger partial charge in [-0.25, -0.2) is 18.2 Å². The highest BCUT2D eigenvalue weighted by Gasteiger charge is 2.21. The third-order valence-corrected chi connectivity index (χ3v) is 6.70. The quantitative estimate of drug-likeness (QED) is 0.315. The summed E-state index contributed by atoms with van der Waals surface area (Å²) in [5, 5.41) is 9.59. The maximum atomic E-state index is 12.9. The Balaban J connectivity index is 1.72. The van der Waals surface area contributed by atoms with Crippen LogP contribution >= 0.6 is 0 Å². The number of rotatable bonds is 7. The zero-order valence-electron chi connectivity index (χ0n) is 16.2. The van der Waals surface area contributed by atoms with Crippen molar-refractivity contribution in [2.24, 2.45) is 0 Å². The number of fused-ring (bicyclic) bond motifs is 1. The van der Waals surface area contributed by atoms with Crippen LogP contribution in [-0.4, -0.2) is 42.4 Å². The van der Waals surface area contributed by atoms with Crippen molar-refractivity contribution in [3.05, 3.63) is 71.4 Å². The number of aromatic amines is 1. The van der Waals surface area contributed by atoms with E-state index in [1.807, 2.05) is 31.2 Å². The van der Waals surface area contributed by atoms with Crippen LogP contribution in [0.2, 0.25) is 0 Å². The number of nitrogens with zero attached hydrogens (tertiary/aromatic N) is 1. The Bertz CT molecular complexity index is 1150. The van der Waals surface area contributed by atoms with Gasteiger partial charge in [-0.2, -0.15) is 0 Å². The lowest BCUT2D eigenvalue weighted by molar-refractivity contribution is -0.124. The van der Waals surface area contributed by atoms with Crippen molar-refractivity contribution in [2.45, 2.75) is 18.2 Å². The first kappa shape index (κ1) is 20.8. The molecule has 0 bridgehead atoms. The second-order valence-electron chi connectivity index (χ2n) is 6.73. The van der Waals surface area contributed by atoms with Gasteiger partial charge in [0.25, 0.3) is 5.91 Å². The molecule has 1 heterocycles. The first-order valence-electron chi connectivity index (χ1n) is 9.07. The number of aromatic nitrogens is 1. The summed E-state index contributed by atoms with van der Waals surface area (Å²) >= 11 is 0. The number of aryl methyl sites for hydroxylation is 1. The number of hydrogen-bond donors (Lipinski definition) is 3. The smallest absolute Gasteiger partial charge is 0.267 e. The Labute approximate surface area is 169 Å². The summed E-state index contributed by atoms with van der Waals surface area (Å²) in [4.78, 5) is 14.5. The van der Waals surface area contributed by atoms with Crippen LogP contribution in [0.3, 0.4) is 0 Å². The summed E-state index contributed by atoms with van der Waals surface area (Å²) in [6, 6.07) is 14.2. The zero-order chi connectivity index (χ0) is 21.0. The van der Waals surface area contributed by atoms with E-state index in [-0.39, 0.29) is 4.90 Å². The number of nitrogens with one attached hydrogen (secondary N) is 2. The van der Waals surface area contributed by atoms with Gasteiger partial charge in [-0.15, -0.1) is 0 Å². The molecule has 0 spiro atoms. The highest BCUT2D eigenvalue weighted by molar-refractivity contribution is 7.89. The minimum absolute atomic E-state index is 0.180. The number of H-pyrrole nitrogens is 1. The lowest BCUT2D eigenvalue weighted by Gasteiger charge is -2.17. The van der Waals surface area contributed by atoms with Gasteiger partial charge >= 0.3 is 0 Å². The van der Waals surface area contributed by atoms with E-state index >= 15 is 0 Å². The van der Waals surface area contributed by atoms with Crippen molar-refractivity contribution in [2.75, 3.05) is 13.6 Å². The minimum Gasteiger partial charge on any atom is -0.358 e. The number of benzene rings is 2. The van der Waals surface area contributed by atoms with Crippen molar-refractivity contribution in [1.29, 1.82) is 0 Å². The van der Waals surface area contributed by atoms with Gasteiger partial charge in [0.2, 0.25) is 10.0 Å². The van der Waals surface area contributed by atoms with Crippen LogP contribution in [0.15, 0.2) is 59.5 Å². The van der Waals surface area contributed by atoms with Gasteiger partial charge in [0.1, 0.15) is 0 Å². The largest absolute Gasteiger partial charge is 0.358 e. The molecule has 29 heavy (non-hydrogen) atoms. The second-order valence-corrected chi connectivity index (χ2v) is 8.77. The molecule has 2 aromatic carbocycles. The van der Waals surface area contributed by atoms with E-state index in [0.717, 1.165) is 28.2 Å². The molecule has 0 aliphatic carbocycles. The van der Waals surface area contributed by atoms with E-state index in [2.05, 4.69) is 4.98 Å². The zero-order valence-corrected chi connectivity index (χ0v) is 17.0. The molecule has 1 aromatic heterocycles. The molecular formula is C21H23N3O4S. The van der Waals surface area contributed by atoms with Gasteiger partial charge < -0.3 is 4.98 Å². The molecular weight excluding hydrogens is 390 g/mol. The Hall–Kier alpha value is -2.94. The molecule has 3 N–H and O–H groups in total. The fourth-order valence-electron chi connectivity index (χ4n) is 3.19. The fourth-order valence-corrected chi connectivity index (χ4v) is 4.36. The van der Waals surface area contributed by atoms with Crippen LogP contribution in [0.25, 0.3) is 17.0 Å². The molecule has 0 radical (unpaired) electrons. The van der Waals surface area contributed by atoms with Gasteiger partial charge in [-0.3, -0.25) is 10.0 Å². The van der Waals surface area contributed by atoms with Gasteiger partial charge in [-0.05, 0) is 48.7 Å². The SMILES string of the molecule is Cc1[nH]c2ccccc2c1CCN(C)S(=O)(=O)c1ccc(/C=C/C(=O)NO)cc1. The summed E-state index contributed by atoms with van der Waals surface area (Å²) in [5.74, 6) is -0.658. The number of amides is 1. The molecule has 0 unspecified atom stereocenters. The van der Waals surface area contributed by atoms with E-state index in [1.54, 1.807) is 19.2 Å². The standard InChI is InChI=1S/C21H23N3O4S/c1-15-18(19-5-3-4-6-20(19)22-15)13-14-24(2)29(27,28)17-10-7-16(8-11-17)9-12-21(25)23-26/h3-12,22,26H,13-14H2,1-2H3,(H,23,25)/b12-9+. The number of carbonyl (C=O) groups is 1. The molecule has 0 saturated carbocycles. The highest BCUT2D eigenvalue weighted by atomic mass is 32.2. The summed E-state index contributed by atoms with van der Waals surface area (Å²) in [5.41, 5.74) is 5.34. The average Bonchev–Trinajstić information content (AvgIpc) is 3.05. The number of carbonyl (C=O) groups excluding carboxylic acids is 1. The summed E-state index contributed by atoms with van der Waals surface area (Å²) in [7, 11) is -2.06. The van der Waals surface area contributed by atoms with Crippen molar-refractivity contribution in [3.63, 3.8) is 0 Å². The summed E-state index contributed by atoms with van der Waals surface area (Å²) < 4.78 is 27.1. The fraction of sp³-hybridized carbons (Fsp3) is 0.190. The predicted molar refractivity (Wildman–Crippen MR) is 112 cm³/mol. The molecule has 3 rings (SSSR count). The third kappa shape index (κ3) is 4.56. The van der Waals surface area contributed by atoms with Crippen LogP contribution in [0.5, 0.6) is 0 Å². The van der Waals surface area contributed by atoms with Crippen LogP contribution in [0.1, 0.15) is 16.8 Å². The topological polar surface area (TPSA) is 103 Å². The number of para-hydroxylation sites is 1. The monoisotopic (exact) mass is 413 g/mol. The Morgan fingerprint density at radius 3 is 2.55 bits per heavy atom. The van der Waals surface area contributed by atoms with Gasteiger partial charge in [0.15, 0.2) is 0 Å². The number of likely N-dealkylation sites (N-methyl/N-ethyl adjacent to an activating group) is 1. The molecule has 0 aliphatic heterocycles. The minimum atomic E-state index is -3.63. The number of hydroxylamine groups is 1. The first-order chi connectivity index (χ1) is 13.8. The Morgan fingerprint density at radius 2 is 1.86 bits per heavy atom. The van der Waals surface area contributed by atoms with Crippen LogP contribution in [0.4, 0.5) is 0 Å². The molecule has 1 amide bonds. The normalized spacial score (nSPS) is 12.1.